The van der Waals surface area contributed by atoms with Crippen molar-refractivity contribution in [3.05, 3.63) is 47.3 Å². The molecule has 0 aliphatic rings. The van der Waals surface area contributed by atoms with E-state index >= 15 is 0 Å². The maximum atomic E-state index is 11.6. The van der Waals surface area contributed by atoms with Gasteiger partial charge in [0.15, 0.2) is 0 Å². The molecule has 1 aromatic carbocycles. The van der Waals surface area contributed by atoms with Gasteiger partial charge in [-0.05, 0) is 24.6 Å². The maximum Gasteiger partial charge on any atom is 0.315 e. The summed E-state index contributed by atoms with van der Waals surface area (Å²) in [4.78, 5) is 11.6. The first-order valence-electron chi connectivity index (χ1n) is 6.24. The van der Waals surface area contributed by atoms with Gasteiger partial charge in [0.1, 0.15) is 11.5 Å². The van der Waals surface area contributed by atoms with Crippen LogP contribution in [0.1, 0.15) is 16.9 Å². The van der Waals surface area contributed by atoms with Crippen molar-refractivity contribution in [1.82, 2.24) is 15.8 Å². The van der Waals surface area contributed by atoms with Crippen molar-refractivity contribution in [2.24, 2.45) is 0 Å². The van der Waals surface area contributed by atoms with E-state index in [1.165, 1.54) is 0 Å². The fourth-order valence-electron chi connectivity index (χ4n) is 1.65. The van der Waals surface area contributed by atoms with Gasteiger partial charge in [0.05, 0.1) is 13.3 Å². The van der Waals surface area contributed by atoms with Gasteiger partial charge in [-0.3, -0.25) is 0 Å². The molecule has 0 fully saturated rings. The van der Waals surface area contributed by atoms with Gasteiger partial charge in [-0.2, -0.15) is 0 Å². The molecule has 0 spiro atoms. The van der Waals surface area contributed by atoms with Crippen molar-refractivity contribution in [2.45, 2.75) is 20.0 Å². The Bertz CT molecular complexity index is 563. The Morgan fingerprint density at radius 3 is 2.55 bits per heavy atom. The Morgan fingerprint density at radius 1 is 1.25 bits per heavy atom. The first kappa shape index (κ1) is 13.9. The van der Waals surface area contributed by atoms with Crippen molar-refractivity contribution in [3.63, 3.8) is 0 Å². The monoisotopic (exact) mass is 275 g/mol. The number of aromatic nitrogens is 1. The van der Waals surface area contributed by atoms with Gasteiger partial charge in [0.2, 0.25) is 0 Å². The summed E-state index contributed by atoms with van der Waals surface area (Å²) in [6.07, 6.45) is 1.60. The summed E-state index contributed by atoms with van der Waals surface area (Å²) in [5.74, 6) is 1.50. The van der Waals surface area contributed by atoms with Crippen LogP contribution in [0.25, 0.3) is 0 Å². The van der Waals surface area contributed by atoms with E-state index in [4.69, 9.17) is 9.26 Å². The number of amides is 2. The molecule has 6 nitrogen and oxygen atoms in total. The average Bonchev–Trinajstić information content (AvgIpc) is 2.89. The lowest BCUT2D eigenvalue weighted by atomic mass is 10.2. The summed E-state index contributed by atoms with van der Waals surface area (Å²) in [6.45, 7) is 2.65. The number of rotatable bonds is 5. The smallest absolute Gasteiger partial charge is 0.315 e. The highest BCUT2D eigenvalue weighted by molar-refractivity contribution is 5.73. The van der Waals surface area contributed by atoms with E-state index in [1.54, 1.807) is 20.2 Å². The average molecular weight is 275 g/mol. The number of nitrogens with zero attached hydrogens (tertiary/aromatic N) is 1. The zero-order valence-corrected chi connectivity index (χ0v) is 11.5. The molecular weight excluding hydrogens is 258 g/mol. The lowest BCUT2D eigenvalue weighted by Crippen LogP contribution is -2.34. The number of ether oxygens (including phenoxy) is 1. The molecule has 0 saturated carbocycles. The van der Waals surface area contributed by atoms with Gasteiger partial charge in [0, 0.05) is 18.7 Å². The van der Waals surface area contributed by atoms with Crippen LogP contribution in [0.3, 0.4) is 0 Å². The minimum Gasteiger partial charge on any atom is -0.497 e. The molecule has 2 amide bonds. The number of carbonyl (C=O) groups is 1. The lowest BCUT2D eigenvalue weighted by molar-refractivity contribution is 0.240. The van der Waals surface area contributed by atoms with Crippen LogP contribution in [0.2, 0.25) is 0 Å². The molecule has 0 unspecified atom stereocenters. The molecule has 1 heterocycles. The summed E-state index contributed by atoms with van der Waals surface area (Å²) in [5, 5.41) is 9.17. The van der Waals surface area contributed by atoms with Crippen molar-refractivity contribution in [2.75, 3.05) is 7.11 Å². The third-order valence-corrected chi connectivity index (χ3v) is 2.90. The molecule has 0 atom stereocenters. The molecule has 2 rings (SSSR count). The van der Waals surface area contributed by atoms with Gasteiger partial charge >= 0.3 is 6.03 Å². The van der Waals surface area contributed by atoms with Crippen LogP contribution < -0.4 is 15.4 Å². The quantitative estimate of drug-likeness (QED) is 0.875. The van der Waals surface area contributed by atoms with Crippen LogP contribution in [0.5, 0.6) is 5.75 Å². The van der Waals surface area contributed by atoms with Gasteiger partial charge in [-0.25, -0.2) is 4.79 Å². The first-order valence-corrected chi connectivity index (χ1v) is 6.24. The SMILES string of the molecule is COc1ccc(CNC(=O)NCc2cnoc2C)cc1. The van der Waals surface area contributed by atoms with Crippen molar-refractivity contribution < 1.29 is 14.1 Å². The fourth-order valence-corrected chi connectivity index (χ4v) is 1.65. The molecule has 2 aromatic rings. The molecule has 0 saturated heterocycles. The number of nitrogens with one attached hydrogen (secondary N) is 2. The molecule has 0 radical (unpaired) electrons. The van der Waals surface area contributed by atoms with Crippen molar-refractivity contribution in [1.29, 1.82) is 0 Å². The highest BCUT2D eigenvalue weighted by Gasteiger charge is 2.05. The normalized spacial score (nSPS) is 10.1. The van der Waals surface area contributed by atoms with E-state index in [0.717, 1.165) is 16.9 Å². The molecule has 6 heteroatoms. The molecular formula is C14H17N3O3. The van der Waals surface area contributed by atoms with Crippen molar-refractivity contribution in [3.8, 4) is 5.75 Å². The highest BCUT2D eigenvalue weighted by Crippen LogP contribution is 2.10. The lowest BCUT2D eigenvalue weighted by Gasteiger charge is -2.07. The Balaban J connectivity index is 1.75. The number of hydrogen-bond acceptors (Lipinski definition) is 4. The summed E-state index contributed by atoms with van der Waals surface area (Å²) in [7, 11) is 1.62. The summed E-state index contributed by atoms with van der Waals surface area (Å²) in [6, 6.07) is 7.29. The second-order valence-corrected chi connectivity index (χ2v) is 4.29. The van der Waals surface area contributed by atoms with E-state index in [-0.39, 0.29) is 6.03 Å². The van der Waals surface area contributed by atoms with E-state index in [0.29, 0.717) is 18.8 Å². The van der Waals surface area contributed by atoms with Crippen LogP contribution in [0.4, 0.5) is 4.79 Å². The second kappa shape index (κ2) is 6.60. The van der Waals surface area contributed by atoms with Gasteiger partial charge in [0.25, 0.3) is 0 Å². The number of carbonyl (C=O) groups excluding carboxylic acids is 1. The van der Waals surface area contributed by atoms with E-state index in [9.17, 15) is 4.79 Å². The Morgan fingerprint density at radius 2 is 1.95 bits per heavy atom. The summed E-state index contributed by atoms with van der Waals surface area (Å²) >= 11 is 0. The van der Waals surface area contributed by atoms with Crippen LogP contribution in [0.15, 0.2) is 35.0 Å². The largest absolute Gasteiger partial charge is 0.497 e. The molecule has 0 aliphatic carbocycles. The van der Waals surface area contributed by atoms with Crippen LogP contribution in [-0.4, -0.2) is 18.3 Å². The molecule has 106 valence electrons. The molecule has 0 bridgehead atoms. The minimum absolute atomic E-state index is 0.235. The number of methoxy groups -OCH3 is 1. The van der Waals surface area contributed by atoms with Gasteiger partial charge < -0.3 is 19.9 Å². The van der Waals surface area contributed by atoms with E-state index in [2.05, 4.69) is 15.8 Å². The maximum absolute atomic E-state index is 11.6. The highest BCUT2D eigenvalue weighted by atomic mass is 16.5. The molecule has 2 N–H and O–H groups in total. The number of benzene rings is 1. The van der Waals surface area contributed by atoms with Gasteiger partial charge in [-0.1, -0.05) is 17.3 Å². The van der Waals surface area contributed by atoms with Crippen LogP contribution >= 0.6 is 0 Å². The predicted molar refractivity (Wildman–Crippen MR) is 73.3 cm³/mol. The third kappa shape index (κ3) is 3.74. The van der Waals surface area contributed by atoms with E-state index in [1.807, 2.05) is 24.3 Å². The standard InChI is InChI=1S/C14H17N3O3/c1-10-12(9-17-20-10)8-16-14(18)15-7-11-3-5-13(19-2)6-4-11/h3-6,9H,7-8H2,1-2H3,(H2,15,16,18). The summed E-state index contributed by atoms with van der Waals surface area (Å²) < 4.78 is 9.99. The van der Waals surface area contributed by atoms with Crippen LogP contribution in [-0.2, 0) is 13.1 Å². The van der Waals surface area contributed by atoms with Crippen LogP contribution in [0, 0.1) is 6.92 Å². The Kier molecular flexibility index (Phi) is 4.60. The molecule has 0 aliphatic heterocycles. The zero-order valence-electron chi connectivity index (χ0n) is 11.5. The number of aryl methyl sites for hydroxylation is 1. The predicted octanol–water partition coefficient (Wildman–Crippen LogP) is 1.99. The minimum atomic E-state index is -0.235. The topological polar surface area (TPSA) is 76.4 Å². The molecule has 1 aromatic heterocycles. The zero-order chi connectivity index (χ0) is 14.4. The fraction of sp³-hybridized carbons (Fsp3) is 0.286. The third-order valence-electron chi connectivity index (χ3n) is 2.90. The summed E-state index contributed by atoms with van der Waals surface area (Å²) in [5.41, 5.74) is 1.87. The Labute approximate surface area is 117 Å². The van der Waals surface area contributed by atoms with E-state index < -0.39 is 0 Å². The van der Waals surface area contributed by atoms with Crippen molar-refractivity contribution >= 4 is 6.03 Å². The number of hydrogen-bond donors (Lipinski definition) is 2. The van der Waals surface area contributed by atoms with Gasteiger partial charge in [-0.15, -0.1) is 0 Å². The second-order valence-electron chi connectivity index (χ2n) is 4.29. The Hall–Kier alpha value is -2.50. The number of urea groups is 1. The molecule has 20 heavy (non-hydrogen) atoms. The first-order chi connectivity index (χ1) is 9.69.